The summed E-state index contributed by atoms with van der Waals surface area (Å²) in [7, 11) is 1.93. The molecule has 0 aliphatic rings. The normalized spacial score (nSPS) is 11.1. The van der Waals surface area contributed by atoms with Gasteiger partial charge in [-0.05, 0) is 18.5 Å². The molecular formula is C15H20N2O. The molecule has 18 heavy (non-hydrogen) atoms. The summed E-state index contributed by atoms with van der Waals surface area (Å²) in [6.07, 6.45) is 2.62. The molecule has 1 aromatic heterocycles. The average molecular weight is 244 g/mol. The minimum atomic E-state index is 0.556. The Morgan fingerprint density at radius 3 is 2.56 bits per heavy atom. The number of hydrogen-bond donors (Lipinski definition) is 1. The molecule has 0 saturated carbocycles. The summed E-state index contributed by atoms with van der Waals surface area (Å²) in [6.45, 7) is 5.27. The minimum absolute atomic E-state index is 0.556. The maximum Gasteiger partial charge on any atom is 0.196 e. The second kappa shape index (κ2) is 5.83. The van der Waals surface area contributed by atoms with Gasteiger partial charge in [0.25, 0.3) is 0 Å². The topological polar surface area (TPSA) is 38.1 Å². The fourth-order valence-corrected chi connectivity index (χ4v) is 1.82. The second-order valence-electron chi connectivity index (χ2n) is 4.75. The summed E-state index contributed by atoms with van der Waals surface area (Å²) in [6, 6.07) is 8.49. The van der Waals surface area contributed by atoms with E-state index in [9.17, 15) is 0 Å². The van der Waals surface area contributed by atoms with Crippen molar-refractivity contribution in [1.29, 1.82) is 0 Å². The molecule has 0 saturated heterocycles. The third-order valence-corrected chi connectivity index (χ3v) is 3.00. The van der Waals surface area contributed by atoms with E-state index in [2.05, 4.69) is 48.4 Å². The molecule has 0 aliphatic carbocycles. The number of nitrogens with zero attached hydrogens (tertiary/aromatic N) is 1. The summed E-state index contributed by atoms with van der Waals surface area (Å²) < 4.78 is 5.72. The standard InChI is InChI=1S/C15H20N2O/c1-11(2)12-4-6-13(7-5-12)14-10-17-15(18-14)8-9-16-3/h4-7,10-11,16H,8-9H2,1-3H3. The molecule has 0 radical (unpaired) electrons. The molecule has 1 aromatic carbocycles. The highest BCUT2D eigenvalue weighted by Gasteiger charge is 2.06. The van der Waals surface area contributed by atoms with Gasteiger partial charge in [0.05, 0.1) is 6.20 Å². The quantitative estimate of drug-likeness (QED) is 0.877. The Labute approximate surface area is 108 Å². The zero-order valence-corrected chi connectivity index (χ0v) is 11.2. The molecule has 0 bridgehead atoms. The van der Waals surface area contributed by atoms with Crippen LogP contribution in [-0.4, -0.2) is 18.6 Å². The van der Waals surface area contributed by atoms with Gasteiger partial charge >= 0.3 is 0 Å². The molecule has 0 atom stereocenters. The average Bonchev–Trinajstić information content (AvgIpc) is 2.85. The maximum atomic E-state index is 5.72. The monoisotopic (exact) mass is 244 g/mol. The second-order valence-corrected chi connectivity index (χ2v) is 4.75. The summed E-state index contributed by atoms with van der Waals surface area (Å²) in [5.74, 6) is 2.18. The summed E-state index contributed by atoms with van der Waals surface area (Å²) >= 11 is 0. The largest absolute Gasteiger partial charge is 0.441 e. The third kappa shape index (κ3) is 2.99. The van der Waals surface area contributed by atoms with Crippen LogP contribution in [0.5, 0.6) is 0 Å². The number of rotatable bonds is 5. The van der Waals surface area contributed by atoms with Crippen molar-refractivity contribution in [3.8, 4) is 11.3 Å². The van der Waals surface area contributed by atoms with Crippen LogP contribution in [0.1, 0.15) is 31.2 Å². The molecule has 1 N–H and O–H groups in total. The maximum absolute atomic E-state index is 5.72. The fourth-order valence-electron chi connectivity index (χ4n) is 1.82. The first-order chi connectivity index (χ1) is 8.70. The van der Waals surface area contributed by atoms with Crippen LogP contribution in [0, 0.1) is 0 Å². The van der Waals surface area contributed by atoms with E-state index in [0.717, 1.165) is 30.2 Å². The smallest absolute Gasteiger partial charge is 0.196 e. The predicted octanol–water partition coefficient (Wildman–Crippen LogP) is 3.23. The number of hydrogen-bond acceptors (Lipinski definition) is 3. The molecule has 3 nitrogen and oxygen atoms in total. The van der Waals surface area contributed by atoms with Gasteiger partial charge < -0.3 is 9.73 Å². The first kappa shape index (κ1) is 12.8. The highest BCUT2D eigenvalue weighted by atomic mass is 16.4. The molecular weight excluding hydrogens is 224 g/mol. The van der Waals surface area contributed by atoms with E-state index in [0.29, 0.717) is 5.92 Å². The van der Waals surface area contributed by atoms with Crippen molar-refractivity contribution in [2.24, 2.45) is 0 Å². The Morgan fingerprint density at radius 1 is 1.22 bits per heavy atom. The van der Waals surface area contributed by atoms with Crippen molar-refractivity contribution < 1.29 is 4.42 Å². The van der Waals surface area contributed by atoms with Gasteiger partial charge in [-0.1, -0.05) is 38.1 Å². The number of likely N-dealkylation sites (N-methyl/N-ethyl adjacent to an activating group) is 1. The number of oxazole rings is 1. The van der Waals surface area contributed by atoms with E-state index in [-0.39, 0.29) is 0 Å². The Hall–Kier alpha value is -1.61. The fraction of sp³-hybridized carbons (Fsp3) is 0.400. The van der Waals surface area contributed by atoms with Crippen molar-refractivity contribution in [3.05, 3.63) is 41.9 Å². The van der Waals surface area contributed by atoms with Gasteiger partial charge in [0, 0.05) is 18.5 Å². The van der Waals surface area contributed by atoms with Crippen LogP contribution >= 0.6 is 0 Å². The SMILES string of the molecule is CNCCc1ncc(-c2ccc(C(C)C)cc2)o1. The lowest BCUT2D eigenvalue weighted by Crippen LogP contribution is -2.10. The van der Waals surface area contributed by atoms with Gasteiger partial charge in [0.2, 0.25) is 0 Å². The van der Waals surface area contributed by atoms with E-state index >= 15 is 0 Å². The van der Waals surface area contributed by atoms with Crippen LogP contribution in [-0.2, 0) is 6.42 Å². The Kier molecular flexibility index (Phi) is 4.15. The van der Waals surface area contributed by atoms with E-state index in [1.807, 2.05) is 7.05 Å². The first-order valence-electron chi connectivity index (χ1n) is 6.40. The molecule has 0 unspecified atom stereocenters. The van der Waals surface area contributed by atoms with Gasteiger partial charge in [-0.15, -0.1) is 0 Å². The molecule has 0 spiro atoms. The summed E-state index contributed by atoms with van der Waals surface area (Å²) in [5, 5.41) is 3.09. The van der Waals surface area contributed by atoms with Crippen LogP contribution in [0.2, 0.25) is 0 Å². The highest BCUT2D eigenvalue weighted by molar-refractivity contribution is 5.56. The van der Waals surface area contributed by atoms with Gasteiger partial charge in [-0.3, -0.25) is 0 Å². The molecule has 96 valence electrons. The molecule has 0 aliphatic heterocycles. The number of benzene rings is 1. The van der Waals surface area contributed by atoms with E-state index < -0.39 is 0 Å². The van der Waals surface area contributed by atoms with Gasteiger partial charge in [0.1, 0.15) is 0 Å². The van der Waals surface area contributed by atoms with Gasteiger partial charge in [-0.25, -0.2) is 4.98 Å². The van der Waals surface area contributed by atoms with E-state index in [4.69, 9.17) is 4.42 Å². The van der Waals surface area contributed by atoms with E-state index in [1.165, 1.54) is 5.56 Å². The van der Waals surface area contributed by atoms with E-state index in [1.54, 1.807) is 6.20 Å². The molecule has 2 aromatic rings. The third-order valence-electron chi connectivity index (χ3n) is 3.00. The lowest BCUT2D eigenvalue weighted by Gasteiger charge is -2.05. The Bertz CT molecular complexity index is 485. The number of nitrogens with one attached hydrogen (secondary N) is 1. The van der Waals surface area contributed by atoms with Crippen molar-refractivity contribution in [1.82, 2.24) is 10.3 Å². The molecule has 2 rings (SSSR count). The zero-order valence-electron chi connectivity index (χ0n) is 11.2. The molecule has 3 heteroatoms. The van der Waals surface area contributed by atoms with Gasteiger partial charge in [-0.2, -0.15) is 0 Å². The van der Waals surface area contributed by atoms with Crippen LogP contribution in [0.15, 0.2) is 34.9 Å². The van der Waals surface area contributed by atoms with Crippen LogP contribution in [0.25, 0.3) is 11.3 Å². The highest BCUT2D eigenvalue weighted by Crippen LogP contribution is 2.23. The first-order valence-corrected chi connectivity index (χ1v) is 6.40. The predicted molar refractivity (Wildman–Crippen MR) is 73.7 cm³/mol. The lowest BCUT2D eigenvalue weighted by molar-refractivity contribution is 0.501. The number of aromatic nitrogens is 1. The molecule has 1 heterocycles. The zero-order chi connectivity index (χ0) is 13.0. The summed E-state index contributed by atoms with van der Waals surface area (Å²) in [5.41, 5.74) is 2.43. The summed E-state index contributed by atoms with van der Waals surface area (Å²) in [4.78, 5) is 4.28. The lowest BCUT2D eigenvalue weighted by atomic mass is 10.0. The van der Waals surface area contributed by atoms with Crippen molar-refractivity contribution in [3.63, 3.8) is 0 Å². The van der Waals surface area contributed by atoms with Crippen molar-refractivity contribution in [2.45, 2.75) is 26.2 Å². The Morgan fingerprint density at radius 2 is 1.94 bits per heavy atom. The van der Waals surface area contributed by atoms with Crippen LogP contribution in [0.4, 0.5) is 0 Å². The van der Waals surface area contributed by atoms with Crippen molar-refractivity contribution >= 4 is 0 Å². The van der Waals surface area contributed by atoms with Crippen LogP contribution in [0.3, 0.4) is 0 Å². The van der Waals surface area contributed by atoms with Crippen molar-refractivity contribution in [2.75, 3.05) is 13.6 Å². The molecule has 0 amide bonds. The van der Waals surface area contributed by atoms with Crippen LogP contribution < -0.4 is 5.32 Å². The van der Waals surface area contributed by atoms with Gasteiger partial charge in [0.15, 0.2) is 11.7 Å². The molecule has 0 fully saturated rings. The minimum Gasteiger partial charge on any atom is -0.441 e. The Balaban J connectivity index is 2.13.